The first-order chi connectivity index (χ1) is 13.8. The average molecular weight is 451 g/mol. The lowest BCUT2D eigenvalue weighted by Crippen LogP contribution is -2.59. The van der Waals surface area contributed by atoms with E-state index in [-0.39, 0.29) is 18.1 Å². The fourth-order valence-corrected chi connectivity index (χ4v) is 2.56. The van der Waals surface area contributed by atoms with Crippen molar-refractivity contribution in [3.8, 4) is 0 Å². The SMILES string of the molecule is CC(C)CC(NC(=O)C(CC(=O)O)NC(=O)C(CS)NC(=O)C(N)C(C)O)C(=O)O. The van der Waals surface area contributed by atoms with Crippen LogP contribution in [0.25, 0.3) is 0 Å². The molecule has 0 aromatic carbocycles. The molecule has 0 fully saturated rings. The summed E-state index contributed by atoms with van der Waals surface area (Å²) in [6.45, 7) is 4.77. The van der Waals surface area contributed by atoms with Crippen LogP contribution in [-0.2, 0) is 24.0 Å². The largest absolute Gasteiger partial charge is 0.481 e. The standard InChI is InChI=1S/C17H30N4O8S/c1-7(2)4-10(17(28)29)20-14(25)9(5-12(23)24)19-15(26)11(6-30)21-16(27)13(18)8(3)22/h7-11,13,22,30H,4-6,18H2,1-3H3,(H,19,26)(H,20,25)(H,21,27)(H,23,24)(H,28,29). The summed E-state index contributed by atoms with van der Waals surface area (Å²) >= 11 is 3.94. The third-order valence-corrected chi connectivity index (χ3v) is 4.34. The average Bonchev–Trinajstić information content (AvgIpc) is 2.62. The number of aliphatic carboxylic acids is 2. The van der Waals surface area contributed by atoms with Gasteiger partial charge in [0.2, 0.25) is 17.7 Å². The molecule has 0 aliphatic rings. The number of nitrogens with one attached hydrogen (secondary N) is 3. The van der Waals surface area contributed by atoms with E-state index in [1.165, 1.54) is 6.92 Å². The first-order valence-corrected chi connectivity index (χ1v) is 9.83. The lowest BCUT2D eigenvalue weighted by molar-refractivity contribution is -0.144. The highest BCUT2D eigenvalue weighted by atomic mass is 32.1. The van der Waals surface area contributed by atoms with Crippen molar-refractivity contribution < 1.29 is 39.3 Å². The van der Waals surface area contributed by atoms with E-state index in [2.05, 4.69) is 28.6 Å². The monoisotopic (exact) mass is 450 g/mol. The Morgan fingerprint density at radius 1 is 0.867 bits per heavy atom. The molecule has 0 aliphatic heterocycles. The smallest absolute Gasteiger partial charge is 0.326 e. The summed E-state index contributed by atoms with van der Waals surface area (Å²) in [5.41, 5.74) is 5.49. The van der Waals surface area contributed by atoms with Gasteiger partial charge in [0, 0.05) is 5.75 Å². The fraction of sp³-hybridized carbons (Fsp3) is 0.706. The molecule has 0 bridgehead atoms. The van der Waals surface area contributed by atoms with Crippen LogP contribution in [-0.4, -0.2) is 81.0 Å². The van der Waals surface area contributed by atoms with Crippen LogP contribution in [0.2, 0.25) is 0 Å². The number of hydrogen-bond donors (Lipinski definition) is 8. The van der Waals surface area contributed by atoms with Gasteiger partial charge in [-0.1, -0.05) is 13.8 Å². The van der Waals surface area contributed by atoms with Gasteiger partial charge in [0.05, 0.1) is 12.5 Å². The molecule has 13 heteroatoms. The molecule has 0 rings (SSSR count). The number of hydrogen-bond acceptors (Lipinski definition) is 8. The number of carboxylic acid groups (broad SMARTS) is 2. The van der Waals surface area contributed by atoms with Crippen LogP contribution in [0.4, 0.5) is 0 Å². The minimum Gasteiger partial charge on any atom is -0.481 e. The van der Waals surface area contributed by atoms with Crippen LogP contribution in [0, 0.1) is 5.92 Å². The van der Waals surface area contributed by atoms with E-state index in [1.807, 2.05) is 0 Å². The predicted molar refractivity (Wildman–Crippen MR) is 109 cm³/mol. The maximum atomic E-state index is 12.4. The summed E-state index contributed by atoms with van der Waals surface area (Å²) in [7, 11) is 0. The Bertz CT molecular complexity index is 643. The van der Waals surface area contributed by atoms with Crippen molar-refractivity contribution in [2.75, 3.05) is 5.75 Å². The molecule has 30 heavy (non-hydrogen) atoms. The Labute approximate surface area is 179 Å². The van der Waals surface area contributed by atoms with Crippen molar-refractivity contribution in [1.82, 2.24) is 16.0 Å². The van der Waals surface area contributed by atoms with E-state index in [1.54, 1.807) is 13.8 Å². The molecular weight excluding hydrogens is 420 g/mol. The first kappa shape index (κ1) is 27.6. The molecular formula is C17H30N4O8S. The minimum atomic E-state index is -1.59. The summed E-state index contributed by atoms with van der Waals surface area (Å²) in [6.07, 6.45) is -1.90. The second-order valence-corrected chi connectivity index (χ2v) is 7.56. The summed E-state index contributed by atoms with van der Waals surface area (Å²) in [4.78, 5) is 59.2. The lowest BCUT2D eigenvalue weighted by Gasteiger charge is -2.24. The van der Waals surface area contributed by atoms with Gasteiger partial charge < -0.3 is 37.0 Å². The molecule has 0 saturated carbocycles. The maximum Gasteiger partial charge on any atom is 0.326 e. The van der Waals surface area contributed by atoms with Crippen molar-refractivity contribution >= 4 is 42.3 Å². The third kappa shape index (κ3) is 9.89. The van der Waals surface area contributed by atoms with Crippen molar-refractivity contribution in [3.05, 3.63) is 0 Å². The van der Waals surface area contributed by atoms with E-state index < -0.39 is 66.4 Å². The van der Waals surface area contributed by atoms with Crippen molar-refractivity contribution in [3.63, 3.8) is 0 Å². The van der Waals surface area contributed by atoms with Gasteiger partial charge in [-0.2, -0.15) is 12.6 Å². The number of carboxylic acids is 2. The van der Waals surface area contributed by atoms with E-state index in [9.17, 15) is 34.2 Å². The molecule has 0 heterocycles. The molecule has 172 valence electrons. The second-order valence-electron chi connectivity index (χ2n) is 7.20. The lowest BCUT2D eigenvalue weighted by atomic mass is 10.0. The van der Waals surface area contributed by atoms with Crippen LogP contribution in [0.15, 0.2) is 0 Å². The molecule has 0 spiro atoms. The van der Waals surface area contributed by atoms with Gasteiger partial charge in [0.1, 0.15) is 24.2 Å². The number of rotatable bonds is 13. The third-order valence-electron chi connectivity index (χ3n) is 3.97. The van der Waals surface area contributed by atoms with Crippen LogP contribution < -0.4 is 21.7 Å². The fourth-order valence-electron chi connectivity index (χ4n) is 2.30. The molecule has 0 saturated heterocycles. The van der Waals surface area contributed by atoms with E-state index in [0.29, 0.717) is 0 Å². The van der Waals surface area contributed by atoms with Gasteiger partial charge in [-0.05, 0) is 19.3 Å². The number of amides is 3. The molecule has 0 aromatic rings. The first-order valence-electron chi connectivity index (χ1n) is 9.20. The number of aliphatic hydroxyl groups is 1. The molecule has 12 nitrogen and oxygen atoms in total. The van der Waals surface area contributed by atoms with Gasteiger partial charge in [-0.15, -0.1) is 0 Å². The Morgan fingerprint density at radius 2 is 1.33 bits per heavy atom. The Hall–Kier alpha value is -2.38. The summed E-state index contributed by atoms with van der Waals surface area (Å²) in [5.74, 6) is -5.76. The molecule has 0 aliphatic carbocycles. The van der Waals surface area contributed by atoms with Crippen LogP contribution in [0.5, 0.6) is 0 Å². The van der Waals surface area contributed by atoms with Crippen LogP contribution >= 0.6 is 12.6 Å². The van der Waals surface area contributed by atoms with Gasteiger partial charge in [0.15, 0.2) is 0 Å². The van der Waals surface area contributed by atoms with Crippen LogP contribution in [0.1, 0.15) is 33.6 Å². The van der Waals surface area contributed by atoms with Crippen LogP contribution in [0.3, 0.4) is 0 Å². The number of carbonyl (C=O) groups is 5. The zero-order valence-corrected chi connectivity index (χ0v) is 17.9. The quantitative estimate of drug-likeness (QED) is 0.141. The highest BCUT2D eigenvalue weighted by Crippen LogP contribution is 2.06. The molecule has 5 unspecified atom stereocenters. The van der Waals surface area contributed by atoms with Crippen molar-refractivity contribution in [1.29, 1.82) is 0 Å². The number of aliphatic hydroxyl groups excluding tert-OH is 1. The van der Waals surface area contributed by atoms with Gasteiger partial charge >= 0.3 is 11.9 Å². The van der Waals surface area contributed by atoms with Gasteiger partial charge in [-0.25, -0.2) is 4.79 Å². The second kappa shape index (κ2) is 13.0. The summed E-state index contributed by atoms with van der Waals surface area (Å²) < 4.78 is 0. The predicted octanol–water partition coefficient (Wildman–Crippen LogP) is -2.32. The Kier molecular flexibility index (Phi) is 12.0. The Morgan fingerprint density at radius 3 is 1.73 bits per heavy atom. The topological polar surface area (TPSA) is 208 Å². The maximum absolute atomic E-state index is 12.4. The molecule has 0 aromatic heterocycles. The van der Waals surface area contributed by atoms with E-state index in [0.717, 1.165) is 0 Å². The van der Waals surface area contributed by atoms with Crippen molar-refractivity contribution in [2.45, 2.75) is 63.9 Å². The number of carbonyl (C=O) groups excluding carboxylic acids is 3. The van der Waals surface area contributed by atoms with Gasteiger partial charge in [0.25, 0.3) is 0 Å². The minimum absolute atomic E-state index is 0.0687. The highest BCUT2D eigenvalue weighted by molar-refractivity contribution is 7.80. The summed E-state index contributed by atoms with van der Waals surface area (Å²) in [6, 6.07) is -5.45. The van der Waals surface area contributed by atoms with E-state index >= 15 is 0 Å². The zero-order chi connectivity index (χ0) is 23.6. The van der Waals surface area contributed by atoms with Crippen molar-refractivity contribution in [2.24, 2.45) is 11.7 Å². The highest BCUT2D eigenvalue weighted by Gasteiger charge is 2.31. The molecule has 8 N–H and O–H groups in total. The zero-order valence-electron chi connectivity index (χ0n) is 17.0. The van der Waals surface area contributed by atoms with E-state index in [4.69, 9.17) is 10.8 Å². The molecule has 0 radical (unpaired) electrons. The van der Waals surface area contributed by atoms with Gasteiger partial charge in [-0.3, -0.25) is 19.2 Å². The molecule has 5 atom stereocenters. The molecule has 3 amide bonds. The number of nitrogens with two attached hydrogens (primary N) is 1. The normalized spacial score (nSPS) is 16.0. The number of thiol groups is 1. The summed E-state index contributed by atoms with van der Waals surface area (Å²) in [5, 5.41) is 34.3. The Balaban J connectivity index is 5.31.